The summed E-state index contributed by atoms with van der Waals surface area (Å²) in [5.41, 5.74) is 1.47. The zero-order valence-corrected chi connectivity index (χ0v) is 18.5. The summed E-state index contributed by atoms with van der Waals surface area (Å²) >= 11 is 0. The number of hydrogen-bond donors (Lipinski definition) is 0. The van der Waals surface area contributed by atoms with Gasteiger partial charge in [0.25, 0.3) is 0 Å². The van der Waals surface area contributed by atoms with E-state index in [0.717, 1.165) is 17.5 Å². The maximum atomic E-state index is 12.9. The number of amides is 2. The SMILES string of the molecule is CC(C)(C)OC(=O)N1CCN(C(=O)OCc2ccccc2)C(CCc2cccnc2)C1. The Kier molecular flexibility index (Phi) is 7.50. The molecule has 2 amide bonds. The molecule has 1 aliphatic rings. The molecule has 0 spiro atoms. The highest BCUT2D eigenvalue weighted by molar-refractivity contribution is 5.71. The fourth-order valence-corrected chi connectivity index (χ4v) is 3.52. The van der Waals surface area contributed by atoms with Gasteiger partial charge >= 0.3 is 12.2 Å². The molecule has 2 heterocycles. The van der Waals surface area contributed by atoms with Crippen LogP contribution in [0.5, 0.6) is 0 Å². The molecule has 0 bridgehead atoms. The van der Waals surface area contributed by atoms with Crippen LogP contribution in [0.4, 0.5) is 9.59 Å². The number of aromatic nitrogens is 1. The van der Waals surface area contributed by atoms with Crippen LogP contribution in [-0.2, 0) is 22.5 Å². The van der Waals surface area contributed by atoms with Gasteiger partial charge in [0.1, 0.15) is 12.2 Å². The van der Waals surface area contributed by atoms with Crippen LogP contribution in [0.25, 0.3) is 0 Å². The van der Waals surface area contributed by atoms with Crippen molar-refractivity contribution in [1.29, 1.82) is 0 Å². The molecule has 166 valence electrons. The van der Waals surface area contributed by atoms with Crippen LogP contribution < -0.4 is 0 Å². The van der Waals surface area contributed by atoms with Crippen LogP contribution in [0.3, 0.4) is 0 Å². The van der Waals surface area contributed by atoms with Crippen molar-refractivity contribution >= 4 is 12.2 Å². The third-order valence-electron chi connectivity index (χ3n) is 5.06. The van der Waals surface area contributed by atoms with E-state index in [-0.39, 0.29) is 24.8 Å². The largest absolute Gasteiger partial charge is 0.445 e. The monoisotopic (exact) mass is 425 g/mol. The molecular weight excluding hydrogens is 394 g/mol. The molecule has 3 rings (SSSR count). The van der Waals surface area contributed by atoms with Crippen LogP contribution in [-0.4, -0.2) is 58.2 Å². The Labute approximate surface area is 184 Å². The van der Waals surface area contributed by atoms with Crippen molar-refractivity contribution in [2.75, 3.05) is 19.6 Å². The first kappa shape index (κ1) is 22.6. The van der Waals surface area contributed by atoms with Gasteiger partial charge in [-0.05, 0) is 50.8 Å². The van der Waals surface area contributed by atoms with Gasteiger partial charge < -0.3 is 19.3 Å². The second-order valence-electron chi connectivity index (χ2n) is 8.71. The van der Waals surface area contributed by atoms with E-state index in [0.29, 0.717) is 26.1 Å². The summed E-state index contributed by atoms with van der Waals surface area (Å²) in [5, 5.41) is 0. The van der Waals surface area contributed by atoms with Crippen molar-refractivity contribution in [3.63, 3.8) is 0 Å². The van der Waals surface area contributed by atoms with Crippen molar-refractivity contribution in [2.24, 2.45) is 0 Å². The highest BCUT2D eigenvalue weighted by Gasteiger charge is 2.35. The summed E-state index contributed by atoms with van der Waals surface area (Å²) in [7, 11) is 0. The summed E-state index contributed by atoms with van der Waals surface area (Å²) in [4.78, 5) is 33.0. The molecule has 31 heavy (non-hydrogen) atoms. The van der Waals surface area contributed by atoms with Crippen LogP contribution in [0.2, 0.25) is 0 Å². The third kappa shape index (κ3) is 6.98. The topological polar surface area (TPSA) is 72.0 Å². The highest BCUT2D eigenvalue weighted by atomic mass is 16.6. The van der Waals surface area contributed by atoms with E-state index < -0.39 is 5.60 Å². The number of hydrogen-bond acceptors (Lipinski definition) is 5. The van der Waals surface area contributed by atoms with Crippen LogP contribution in [0.15, 0.2) is 54.9 Å². The Morgan fingerprint density at radius 1 is 1.03 bits per heavy atom. The second kappa shape index (κ2) is 10.3. The molecule has 1 saturated heterocycles. The molecular formula is C24H31N3O4. The first-order valence-electron chi connectivity index (χ1n) is 10.7. The Hall–Kier alpha value is -3.09. The van der Waals surface area contributed by atoms with Crippen molar-refractivity contribution in [3.05, 3.63) is 66.0 Å². The van der Waals surface area contributed by atoms with Crippen LogP contribution >= 0.6 is 0 Å². The number of carbonyl (C=O) groups excluding carboxylic acids is 2. The fourth-order valence-electron chi connectivity index (χ4n) is 3.52. The maximum absolute atomic E-state index is 12.9. The van der Waals surface area contributed by atoms with Gasteiger partial charge in [-0.2, -0.15) is 0 Å². The number of pyridine rings is 1. The maximum Gasteiger partial charge on any atom is 0.410 e. The number of ether oxygens (including phenoxy) is 2. The molecule has 1 fully saturated rings. The quantitative estimate of drug-likeness (QED) is 0.715. The third-order valence-corrected chi connectivity index (χ3v) is 5.06. The van der Waals surface area contributed by atoms with Gasteiger partial charge in [-0.25, -0.2) is 9.59 Å². The van der Waals surface area contributed by atoms with E-state index in [1.54, 1.807) is 16.0 Å². The van der Waals surface area contributed by atoms with Gasteiger partial charge in [0.15, 0.2) is 0 Å². The minimum Gasteiger partial charge on any atom is -0.445 e. The molecule has 0 N–H and O–H groups in total. The number of rotatable bonds is 5. The average Bonchev–Trinajstić information content (AvgIpc) is 2.76. The van der Waals surface area contributed by atoms with Crippen molar-refractivity contribution in [2.45, 2.75) is 51.9 Å². The predicted molar refractivity (Wildman–Crippen MR) is 117 cm³/mol. The molecule has 1 aromatic carbocycles. The molecule has 0 radical (unpaired) electrons. The van der Waals surface area contributed by atoms with Gasteiger partial charge in [0.2, 0.25) is 0 Å². The standard InChI is InChI=1S/C24H31N3O4/c1-24(2,3)31-22(28)26-14-15-27(23(29)30-18-20-8-5-4-6-9-20)21(17-26)12-11-19-10-7-13-25-16-19/h4-10,13,16,21H,11-12,14-15,17-18H2,1-3H3. The minimum atomic E-state index is -0.561. The first-order valence-corrected chi connectivity index (χ1v) is 10.7. The molecule has 0 saturated carbocycles. The average molecular weight is 426 g/mol. The molecule has 2 aromatic rings. The van der Waals surface area contributed by atoms with E-state index in [1.807, 2.05) is 69.4 Å². The predicted octanol–water partition coefficient (Wildman–Crippen LogP) is 4.27. The lowest BCUT2D eigenvalue weighted by Gasteiger charge is -2.41. The lowest BCUT2D eigenvalue weighted by Crippen LogP contribution is -2.57. The van der Waals surface area contributed by atoms with E-state index >= 15 is 0 Å². The van der Waals surface area contributed by atoms with Gasteiger partial charge in [0.05, 0.1) is 6.04 Å². The molecule has 7 heteroatoms. The number of piperazine rings is 1. The molecule has 1 aromatic heterocycles. The van der Waals surface area contributed by atoms with Gasteiger partial charge in [0, 0.05) is 32.0 Å². The summed E-state index contributed by atoms with van der Waals surface area (Å²) < 4.78 is 11.1. The van der Waals surface area contributed by atoms with E-state index in [2.05, 4.69) is 4.98 Å². The fraction of sp³-hybridized carbons (Fsp3) is 0.458. The van der Waals surface area contributed by atoms with Crippen molar-refractivity contribution < 1.29 is 19.1 Å². The van der Waals surface area contributed by atoms with Crippen molar-refractivity contribution in [1.82, 2.24) is 14.8 Å². The lowest BCUT2D eigenvalue weighted by molar-refractivity contribution is 0.000182. The van der Waals surface area contributed by atoms with Crippen LogP contribution in [0.1, 0.15) is 38.3 Å². The zero-order chi connectivity index (χ0) is 22.3. The van der Waals surface area contributed by atoms with Gasteiger partial charge in [-0.3, -0.25) is 4.98 Å². The van der Waals surface area contributed by atoms with E-state index in [4.69, 9.17) is 9.47 Å². The number of carbonyl (C=O) groups is 2. The molecule has 1 aliphatic heterocycles. The molecule has 0 aliphatic carbocycles. The number of aryl methyl sites for hydroxylation is 1. The van der Waals surface area contributed by atoms with Crippen molar-refractivity contribution in [3.8, 4) is 0 Å². The normalized spacial score (nSPS) is 16.7. The number of nitrogens with zero attached hydrogens (tertiary/aromatic N) is 3. The Morgan fingerprint density at radius 3 is 2.45 bits per heavy atom. The minimum absolute atomic E-state index is 0.162. The second-order valence-corrected chi connectivity index (χ2v) is 8.71. The molecule has 7 nitrogen and oxygen atoms in total. The summed E-state index contributed by atoms with van der Waals surface area (Å²) in [5.74, 6) is 0. The van der Waals surface area contributed by atoms with Gasteiger partial charge in [-0.15, -0.1) is 0 Å². The van der Waals surface area contributed by atoms with E-state index in [1.165, 1.54) is 0 Å². The Bertz CT molecular complexity index is 852. The first-order chi connectivity index (χ1) is 14.8. The number of benzene rings is 1. The summed E-state index contributed by atoms with van der Waals surface area (Å²) in [6, 6.07) is 13.4. The Morgan fingerprint density at radius 2 is 1.77 bits per heavy atom. The highest BCUT2D eigenvalue weighted by Crippen LogP contribution is 2.20. The summed E-state index contributed by atoms with van der Waals surface area (Å²) in [6.45, 7) is 7.01. The van der Waals surface area contributed by atoms with E-state index in [9.17, 15) is 9.59 Å². The molecule has 1 atom stereocenters. The summed E-state index contributed by atoms with van der Waals surface area (Å²) in [6.07, 6.45) is 4.31. The van der Waals surface area contributed by atoms with Gasteiger partial charge in [-0.1, -0.05) is 36.4 Å². The smallest absolute Gasteiger partial charge is 0.410 e. The Balaban J connectivity index is 1.65. The zero-order valence-electron chi connectivity index (χ0n) is 18.5. The molecule has 1 unspecified atom stereocenters. The van der Waals surface area contributed by atoms with Crippen LogP contribution in [0, 0.1) is 0 Å². The lowest BCUT2D eigenvalue weighted by atomic mass is 10.0.